The lowest BCUT2D eigenvalue weighted by atomic mass is 10.2. The van der Waals surface area contributed by atoms with Crippen molar-refractivity contribution < 1.29 is 14.3 Å². The van der Waals surface area contributed by atoms with Gasteiger partial charge in [-0.3, -0.25) is 9.78 Å². The number of anilines is 1. The normalized spacial score (nSPS) is 12.8. The molecule has 3 rings (SSSR count). The molecule has 1 aliphatic heterocycles. The minimum atomic E-state index is -0.0856. The van der Waals surface area contributed by atoms with Crippen LogP contribution >= 0.6 is 0 Å². The van der Waals surface area contributed by atoms with E-state index in [2.05, 4.69) is 4.98 Å². The van der Waals surface area contributed by atoms with Gasteiger partial charge in [-0.15, -0.1) is 0 Å². The fraction of sp³-hybridized carbons (Fsp3) is 0.294. The number of fused-ring (bicyclic) bond motifs is 1. The molecule has 114 valence electrons. The molecule has 0 aliphatic carbocycles. The third-order valence-electron chi connectivity index (χ3n) is 3.44. The van der Waals surface area contributed by atoms with E-state index in [1.165, 1.54) is 0 Å². The van der Waals surface area contributed by atoms with Crippen LogP contribution < -0.4 is 14.4 Å². The van der Waals surface area contributed by atoms with Crippen molar-refractivity contribution in [2.24, 2.45) is 0 Å². The molecule has 0 spiro atoms. The van der Waals surface area contributed by atoms with Gasteiger partial charge in [0.05, 0.1) is 11.3 Å². The van der Waals surface area contributed by atoms with Crippen LogP contribution in [0.5, 0.6) is 11.5 Å². The highest BCUT2D eigenvalue weighted by Crippen LogP contribution is 2.40. The van der Waals surface area contributed by atoms with Gasteiger partial charge in [0.15, 0.2) is 11.5 Å². The van der Waals surface area contributed by atoms with Gasteiger partial charge >= 0.3 is 0 Å². The summed E-state index contributed by atoms with van der Waals surface area (Å²) in [6.07, 6.45) is 4.08. The Balaban J connectivity index is 2.00. The molecule has 1 aromatic heterocycles. The Bertz CT molecular complexity index is 658. The molecule has 1 aliphatic rings. The number of hydrogen-bond donors (Lipinski definition) is 0. The Hall–Kier alpha value is -2.56. The van der Waals surface area contributed by atoms with Crippen LogP contribution in [0.2, 0.25) is 0 Å². The smallest absolute Gasteiger partial charge is 0.259 e. The summed E-state index contributed by atoms with van der Waals surface area (Å²) >= 11 is 0. The maximum Gasteiger partial charge on any atom is 0.259 e. The highest BCUT2D eigenvalue weighted by Gasteiger charge is 2.24. The van der Waals surface area contributed by atoms with Crippen LogP contribution in [0.4, 0.5) is 5.69 Å². The number of pyridine rings is 1. The lowest BCUT2D eigenvalue weighted by molar-refractivity contribution is 0.0984. The monoisotopic (exact) mass is 298 g/mol. The third kappa shape index (κ3) is 2.74. The first-order valence-electron chi connectivity index (χ1n) is 7.41. The number of benzene rings is 1. The Kier molecular flexibility index (Phi) is 4.23. The van der Waals surface area contributed by atoms with Crippen LogP contribution in [-0.2, 0) is 0 Å². The van der Waals surface area contributed by atoms with Gasteiger partial charge in [-0.1, -0.05) is 13.0 Å². The summed E-state index contributed by atoms with van der Waals surface area (Å²) < 4.78 is 11.3. The summed E-state index contributed by atoms with van der Waals surface area (Å²) in [6, 6.07) is 9.15. The molecule has 2 heterocycles. The number of nitrogens with zero attached hydrogens (tertiary/aromatic N) is 2. The van der Waals surface area contributed by atoms with Crippen LogP contribution in [0, 0.1) is 0 Å². The molecule has 1 aromatic carbocycles. The van der Waals surface area contributed by atoms with E-state index in [-0.39, 0.29) is 5.91 Å². The Labute approximate surface area is 129 Å². The van der Waals surface area contributed by atoms with E-state index in [4.69, 9.17) is 9.47 Å². The van der Waals surface area contributed by atoms with Gasteiger partial charge in [0.2, 0.25) is 0 Å². The SMILES string of the molecule is CCCN(C(=O)c1cccnc1)c1cccc2c1OCCO2. The molecule has 0 bridgehead atoms. The summed E-state index contributed by atoms with van der Waals surface area (Å²) in [7, 11) is 0. The first-order chi connectivity index (χ1) is 10.8. The molecular formula is C17H18N2O3. The fourth-order valence-corrected chi connectivity index (χ4v) is 2.47. The molecule has 0 radical (unpaired) electrons. The highest BCUT2D eigenvalue weighted by atomic mass is 16.6. The second kappa shape index (κ2) is 6.47. The van der Waals surface area contributed by atoms with Gasteiger partial charge in [0.25, 0.3) is 5.91 Å². The van der Waals surface area contributed by atoms with E-state index in [1.807, 2.05) is 25.1 Å². The summed E-state index contributed by atoms with van der Waals surface area (Å²) in [6.45, 7) is 3.66. The quantitative estimate of drug-likeness (QED) is 0.871. The minimum absolute atomic E-state index is 0.0856. The molecule has 0 atom stereocenters. The molecule has 0 N–H and O–H groups in total. The number of rotatable bonds is 4. The third-order valence-corrected chi connectivity index (χ3v) is 3.44. The first kappa shape index (κ1) is 14.4. The van der Waals surface area contributed by atoms with Crippen molar-refractivity contribution in [1.82, 2.24) is 4.98 Å². The van der Waals surface area contributed by atoms with E-state index < -0.39 is 0 Å². The zero-order valence-corrected chi connectivity index (χ0v) is 12.5. The molecule has 0 saturated heterocycles. The van der Waals surface area contributed by atoms with Crippen molar-refractivity contribution >= 4 is 11.6 Å². The summed E-state index contributed by atoms with van der Waals surface area (Å²) in [5.74, 6) is 1.24. The second-order valence-corrected chi connectivity index (χ2v) is 5.00. The van der Waals surface area contributed by atoms with Crippen LogP contribution in [-0.4, -0.2) is 30.6 Å². The molecule has 0 unspecified atom stereocenters. The van der Waals surface area contributed by atoms with Gasteiger partial charge in [-0.05, 0) is 30.7 Å². The molecule has 0 saturated carbocycles. The maximum atomic E-state index is 12.8. The van der Waals surface area contributed by atoms with E-state index >= 15 is 0 Å². The second-order valence-electron chi connectivity index (χ2n) is 5.00. The number of hydrogen-bond acceptors (Lipinski definition) is 4. The Morgan fingerprint density at radius 3 is 2.86 bits per heavy atom. The van der Waals surface area contributed by atoms with Gasteiger partial charge in [-0.25, -0.2) is 0 Å². The van der Waals surface area contributed by atoms with Crippen molar-refractivity contribution in [3.05, 3.63) is 48.3 Å². The largest absolute Gasteiger partial charge is 0.486 e. The summed E-state index contributed by atoms with van der Waals surface area (Å²) in [5, 5.41) is 0. The molecule has 1 amide bonds. The average molecular weight is 298 g/mol. The van der Waals surface area contributed by atoms with Crippen molar-refractivity contribution in [3.63, 3.8) is 0 Å². The van der Waals surface area contributed by atoms with Crippen molar-refractivity contribution in [3.8, 4) is 11.5 Å². The van der Waals surface area contributed by atoms with Crippen LogP contribution in [0.15, 0.2) is 42.7 Å². The number of carbonyl (C=O) groups is 1. The summed E-state index contributed by atoms with van der Waals surface area (Å²) in [4.78, 5) is 18.6. The predicted octanol–water partition coefficient (Wildman–Crippen LogP) is 2.91. The minimum Gasteiger partial charge on any atom is -0.486 e. The molecule has 5 heteroatoms. The van der Waals surface area contributed by atoms with Crippen molar-refractivity contribution in [2.75, 3.05) is 24.7 Å². The van der Waals surface area contributed by atoms with Gasteiger partial charge < -0.3 is 14.4 Å². The van der Waals surface area contributed by atoms with E-state index in [9.17, 15) is 4.79 Å². The van der Waals surface area contributed by atoms with Gasteiger partial charge in [-0.2, -0.15) is 0 Å². The van der Waals surface area contributed by atoms with Crippen molar-refractivity contribution in [2.45, 2.75) is 13.3 Å². The summed E-state index contributed by atoms with van der Waals surface area (Å²) in [5.41, 5.74) is 1.30. The number of ether oxygens (including phenoxy) is 2. The lowest BCUT2D eigenvalue weighted by Crippen LogP contribution is -2.32. The number of carbonyl (C=O) groups excluding carboxylic acids is 1. The zero-order valence-electron chi connectivity index (χ0n) is 12.5. The molecule has 2 aromatic rings. The van der Waals surface area contributed by atoms with Crippen LogP contribution in [0.1, 0.15) is 23.7 Å². The molecule has 0 fully saturated rings. The number of para-hydroxylation sites is 1. The standard InChI is InChI=1S/C17H18N2O3/c1-2-9-19(17(20)13-5-4-8-18-12-13)14-6-3-7-15-16(14)22-11-10-21-15/h3-8,12H,2,9-11H2,1H3. The van der Waals surface area contributed by atoms with E-state index in [0.29, 0.717) is 36.8 Å². The highest BCUT2D eigenvalue weighted by molar-refractivity contribution is 6.06. The fourth-order valence-electron chi connectivity index (χ4n) is 2.47. The van der Waals surface area contributed by atoms with Crippen molar-refractivity contribution in [1.29, 1.82) is 0 Å². The van der Waals surface area contributed by atoms with E-state index in [1.54, 1.807) is 29.4 Å². The first-order valence-corrected chi connectivity index (χ1v) is 7.41. The average Bonchev–Trinajstić information content (AvgIpc) is 2.59. The van der Waals surface area contributed by atoms with Crippen LogP contribution in [0.3, 0.4) is 0 Å². The zero-order chi connectivity index (χ0) is 15.4. The van der Waals surface area contributed by atoms with Gasteiger partial charge in [0.1, 0.15) is 13.2 Å². The Morgan fingerprint density at radius 2 is 2.09 bits per heavy atom. The maximum absolute atomic E-state index is 12.8. The molecular weight excluding hydrogens is 280 g/mol. The Morgan fingerprint density at radius 1 is 1.23 bits per heavy atom. The topological polar surface area (TPSA) is 51.7 Å². The van der Waals surface area contributed by atoms with Crippen LogP contribution in [0.25, 0.3) is 0 Å². The lowest BCUT2D eigenvalue weighted by Gasteiger charge is -2.27. The number of amides is 1. The predicted molar refractivity (Wildman–Crippen MR) is 83.6 cm³/mol. The van der Waals surface area contributed by atoms with Gasteiger partial charge in [0, 0.05) is 18.9 Å². The molecule has 22 heavy (non-hydrogen) atoms. The van der Waals surface area contributed by atoms with E-state index in [0.717, 1.165) is 12.1 Å². The number of aromatic nitrogens is 1. The molecule has 5 nitrogen and oxygen atoms in total.